The molecule has 0 fully saturated rings. The van der Waals surface area contributed by atoms with E-state index >= 15 is 0 Å². The topological polar surface area (TPSA) is 49.8 Å². The van der Waals surface area contributed by atoms with E-state index in [-0.39, 0.29) is 6.42 Å². The lowest BCUT2D eigenvalue weighted by atomic mass is 10.2. The summed E-state index contributed by atoms with van der Waals surface area (Å²) < 4.78 is 12.7. The van der Waals surface area contributed by atoms with Crippen LogP contribution in [0.2, 0.25) is 0 Å². The minimum atomic E-state index is -0.416. The summed E-state index contributed by atoms with van der Waals surface area (Å²) >= 11 is 0. The Bertz CT molecular complexity index is 387. The average molecular weight is 174 g/mol. The number of nitrogen functional groups attached to an aromatic ring is 1. The molecule has 0 aromatic heterocycles. The van der Waals surface area contributed by atoms with E-state index in [9.17, 15) is 4.39 Å². The van der Waals surface area contributed by atoms with Crippen LogP contribution in [0.4, 0.5) is 10.1 Å². The molecule has 0 bridgehead atoms. The number of benzene rings is 1. The van der Waals surface area contributed by atoms with Gasteiger partial charge in [0.15, 0.2) is 0 Å². The van der Waals surface area contributed by atoms with Gasteiger partial charge in [0.25, 0.3) is 0 Å². The lowest BCUT2D eigenvalue weighted by Crippen LogP contribution is -1.87. The van der Waals surface area contributed by atoms with Gasteiger partial charge in [0, 0.05) is 11.3 Å². The maximum absolute atomic E-state index is 12.7. The second kappa shape index (κ2) is 4.13. The number of halogens is 1. The van der Waals surface area contributed by atoms with Gasteiger partial charge in [-0.25, -0.2) is 4.39 Å². The highest BCUT2D eigenvalue weighted by Crippen LogP contribution is 2.09. The van der Waals surface area contributed by atoms with E-state index in [1.54, 1.807) is 6.07 Å². The van der Waals surface area contributed by atoms with Gasteiger partial charge in [-0.3, -0.25) is 0 Å². The van der Waals surface area contributed by atoms with E-state index in [0.717, 1.165) is 0 Å². The Hall–Kier alpha value is -2.00. The van der Waals surface area contributed by atoms with Crippen LogP contribution in [0, 0.1) is 29.0 Å². The SMILES string of the molecule is N#CCC#Cc1cc(N)cc(F)c1. The molecular weight excluding hydrogens is 167 g/mol. The number of nitrogens with zero attached hydrogens (tertiary/aromatic N) is 1. The molecule has 0 heterocycles. The molecule has 1 rings (SSSR count). The number of nitrogens with two attached hydrogens (primary N) is 1. The van der Waals surface area contributed by atoms with E-state index in [0.29, 0.717) is 11.3 Å². The highest BCUT2D eigenvalue weighted by Gasteiger charge is 1.94. The monoisotopic (exact) mass is 174 g/mol. The largest absolute Gasteiger partial charge is 0.399 e. The summed E-state index contributed by atoms with van der Waals surface area (Å²) in [5.74, 6) is 4.79. The van der Waals surface area contributed by atoms with E-state index in [4.69, 9.17) is 11.0 Å². The maximum atomic E-state index is 12.7. The normalized spacial score (nSPS) is 8.31. The Kier molecular flexibility index (Phi) is 2.89. The minimum absolute atomic E-state index is 0.135. The van der Waals surface area contributed by atoms with Crippen molar-refractivity contribution in [1.29, 1.82) is 5.26 Å². The number of hydrogen-bond donors (Lipinski definition) is 1. The molecule has 3 heteroatoms. The summed E-state index contributed by atoms with van der Waals surface area (Å²) in [6.07, 6.45) is 0.135. The Morgan fingerprint density at radius 2 is 2.15 bits per heavy atom. The number of nitriles is 1. The van der Waals surface area contributed by atoms with Crippen LogP contribution in [0.15, 0.2) is 18.2 Å². The van der Waals surface area contributed by atoms with Crippen LogP contribution in [0.1, 0.15) is 12.0 Å². The fourth-order valence-corrected chi connectivity index (χ4v) is 0.870. The smallest absolute Gasteiger partial charge is 0.126 e. The Labute approximate surface area is 75.8 Å². The highest BCUT2D eigenvalue weighted by molar-refractivity contribution is 5.47. The number of hydrogen-bond acceptors (Lipinski definition) is 2. The van der Waals surface area contributed by atoms with Crippen molar-refractivity contribution in [1.82, 2.24) is 0 Å². The van der Waals surface area contributed by atoms with E-state index in [1.165, 1.54) is 12.1 Å². The Morgan fingerprint density at radius 1 is 1.38 bits per heavy atom. The van der Waals surface area contributed by atoms with Crippen LogP contribution in [-0.2, 0) is 0 Å². The van der Waals surface area contributed by atoms with Gasteiger partial charge < -0.3 is 5.73 Å². The van der Waals surface area contributed by atoms with Crippen molar-refractivity contribution in [3.05, 3.63) is 29.6 Å². The van der Waals surface area contributed by atoms with Crippen LogP contribution in [0.25, 0.3) is 0 Å². The zero-order valence-corrected chi connectivity index (χ0v) is 6.84. The zero-order chi connectivity index (χ0) is 9.68. The van der Waals surface area contributed by atoms with E-state index in [1.807, 2.05) is 6.07 Å². The van der Waals surface area contributed by atoms with Gasteiger partial charge in [-0.1, -0.05) is 11.8 Å². The standard InChI is InChI=1S/C10H7FN2/c11-9-5-8(3-1-2-4-12)6-10(13)7-9/h5-7H,2,13H2. The highest BCUT2D eigenvalue weighted by atomic mass is 19.1. The average Bonchev–Trinajstić information content (AvgIpc) is 2.03. The van der Waals surface area contributed by atoms with Crippen molar-refractivity contribution in [3.63, 3.8) is 0 Å². The van der Waals surface area contributed by atoms with Crippen molar-refractivity contribution in [3.8, 4) is 17.9 Å². The van der Waals surface area contributed by atoms with Crippen LogP contribution < -0.4 is 5.73 Å². The van der Waals surface area contributed by atoms with Crippen molar-refractivity contribution in [2.24, 2.45) is 0 Å². The molecule has 0 aliphatic rings. The first-order valence-electron chi connectivity index (χ1n) is 3.64. The molecule has 1 aromatic carbocycles. The quantitative estimate of drug-likeness (QED) is 0.480. The molecule has 0 saturated heterocycles. The van der Waals surface area contributed by atoms with Gasteiger partial charge in [-0.05, 0) is 18.2 Å². The lowest BCUT2D eigenvalue weighted by molar-refractivity contribution is 0.628. The molecule has 0 radical (unpaired) electrons. The second-order valence-corrected chi connectivity index (χ2v) is 2.41. The number of rotatable bonds is 0. The molecule has 0 unspecified atom stereocenters. The summed E-state index contributed by atoms with van der Waals surface area (Å²) in [5, 5.41) is 8.20. The van der Waals surface area contributed by atoms with Crippen molar-refractivity contribution >= 4 is 5.69 Å². The molecule has 2 nitrogen and oxygen atoms in total. The van der Waals surface area contributed by atoms with Crippen molar-refractivity contribution < 1.29 is 4.39 Å². The summed E-state index contributed by atoms with van der Waals surface area (Å²) in [6, 6.07) is 5.93. The molecule has 0 spiro atoms. The summed E-state index contributed by atoms with van der Waals surface area (Å²) in [5.41, 5.74) is 6.22. The van der Waals surface area contributed by atoms with Crippen LogP contribution in [-0.4, -0.2) is 0 Å². The summed E-state index contributed by atoms with van der Waals surface area (Å²) in [4.78, 5) is 0. The predicted molar refractivity (Wildman–Crippen MR) is 47.9 cm³/mol. The fraction of sp³-hybridized carbons (Fsp3) is 0.100. The first-order valence-corrected chi connectivity index (χ1v) is 3.64. The van der Waals surface area contributed by atoms with Crippen LogP contribution >= 0.6 is 0 Å². The zero-order valence-electron chi connectivity index (χ0n) is 6.84. The molecule has 2 N–H and O–H groups in total. The minimum Gasteiger partial charge on any atom is -0.399 e. The van der Waals surface area contributed by atoms with Crippen LogP contribution in [0.5, 0.6) is 0 Å². The number of anilines is 1. The third-order valence-corrected chi connectivity index (χ3v) is 1.32. The molecule has 64 valence electrons. The van der Waals surface area contributed by atoms with Crippen molar-refractivity contribution in [2.45, 2.75) is 6.42 Å². The van der Waals surface area contributed by atoms with Gasteiger partial charge in [0.2, 0.25) is 0 Å². The van der Waals surface area contributed by atoms with E-state index < -0.39 is 5.82 Å². The van der Waals surface area contributed by atoms with Gasteiger partial charge in [-0.2, -0.15) is 5.26 Å². The molecular formula is C10H7FN2. The van der Waals surface area contributed by atoms with Crippen LogP contribution in [0.3, 0.4) is 0 Å². The van der Waals surface area contributed by atoms with Crippen molar-refractivity contribution in [2.75, 3.05) is 5.73 Å². The molecule has 0 atom stereocenters. The second-order valence-electron chi connectivity index (χ2n) is 2.41. The maximum Gasteiger partial charge on any atom is 0.126 e. The van der Waals surface area contributed by atoms with Gasteiger partial charge in [0.05, 0.1) is 12.5 Å². The predicted octanol–water partition coefficient (Wildman–Crippen LogP) is 1.67. The Morgan fingerprint density at radius 3 is 2.77 bits per heavy atom. The lowest BCUT2D eigenvalue weighted by Gasteiger charge is -1.94. The van der Waals surface area contributed by atoms with Gasteiger partial charge in [0.1, 0.15) is 5.82 Å². The fourth-order valence-electron chi connectivity index (χ4n) is 0.870. The first kappa shape index (κ1) is 9.09. The van der Waals surface area contributed by atoms with E-state index in [2.05, 4.69) is 11.8 Å². The van der Waals surface area contributed by atoms with Gasteiger partial charge in [-0.15, -0.1) is 0 Å². The summed E-state index contributed by atoms with van der Waals surface area (Å²) in [6.45, 7) is 0. The third kappa shape index (κ3) is 2.84. The molecule has 0 aliphatic heterocycles. The first-order chi connectivity index (χ1) is 6.22. The molecule has 13 heavy (non-hydrogen) atoms. The molecule has 0 saturated carbocycles. The Balaban J connectivity index is 2.92. The third-order valence-electron chi connectivity index (χ3n) is 1.32. The molecule has 0 amide bonds. The molecule has 1 aromatic rings. The summed E-state index contributed by atoms with van der Waals surface area (Å²) in [7, 11) is 0. The molecule has 0 aliphatic carbocycles. The van der Waals surface area contributed by atoms with Gasteiger partial charge >= 0.3 is 0 Å².